The summed E-state index contributed by atoms with van der Waals surface area (Å²) in [5.41, 5.74) is 0.610. The molecule has 0 spiro atoms. The molecule has 6 heteroatoms. The van der Waals surface area contributed by atoms with Crippen molar-refractivity contribution in [3.05, 3.63) is 48.0 Å². The van der Waals surface area contributed by atoms with Gasteiger partial charge in [0.25, 0.3) is 0 Å². The van der Waals surface area contributed by atoms with Crippen molar-refractivity contribution < 1.29 is 4.39 Å². The number of nitrogens with zero attached hydrogens (tertiary/aromatic N) is 4. The summed E-state index contributed by atoms with van der Waals surface area (Å²) in [7, 11) is 0. The molecule has 1 aromatic heterocycles. The first-order chi connectivity index (χ1) is 10.8. The van der Waals surface area contributed by atoms with E-state index in [-0.39, 0.29) is 11.6 Å². The van der Waals surface area contributed by atoms with Gasteiger partial charge in [-0.15, -0.1) is 0 Å². The number of halogens is 1. The third-order valence-electron chi connectivity index (χ3n) is 3.74. The van der Waals surface area contributed by atoms with Crippen LogP contribution >= 0.6 is 0 Å². The third-order valence-corrected chi connectivity index (χ3v) is 3.74. The molecule has 0 saturated carbocycles. The lowest BCUT2D eigenvalue weighted by Gasteiger charge is -2.33. The lowest BCUT2D eigenvalue weighted by molar-refractivity contribution is 0.522. The molecular weight excluding hydrogens is 281 g/mol. The van der Waals surface area contributed by atoms with E-state index in [1.54, 1.807) is 30.6 Å². The summed E-state index contributed by atoms with van der Waals surface area (Å²) in [6, 6.07) is 8.48. The van der Waals surface area contributed by atoms with Crippen LogP contribution in [-0.2, 0) is 0 Å². The standard InChI is InChI=1S/C16H16FN5/c17-14-5-1-6-15(13(14)10-18)21-12-4-2-9-22(11-12)16-19-7-3-8-20-16/h1,3,5-8,12,21H,2,4,9,11H2/t12-/m0/s1. The molecule has 1 saturated heterocycles. The zero-order valence-electron chi connectivity index (χ0n) is 12.0. The van der Waals surface area contributed by atoms with E-state index in [0.717, 1.165) is 25.9 Å². The first kappa shape index (κ1) is 14.3. The van der Waals surface area contributed by atoms with Crippen LogP contribution in [0.3, 0.4) is 0 Å². The molecule has 1 aromatic carbocycles. The van der Waals surface area contributed by atoms with Crippen LogP contribution in [0.5, 0.6) is 0 Å². The second kappa shape index (κ2) is 6.39. The topological polar surface area (TPSA) is 64.8 Å². The fourth-order valence-electron chi connectivity index (χ4n) is 2.71. The molecule has 112 valence electrons. The van der Waals surface area contributed by atoms with Gasteiger partial charge >= 0.3 is 0 Å². The molecule has 1 atom stereocenters. The van der Waals surface area contributed by atoms with Crippen molar-refractivity contribution in [1.82, 2.24) is 9.97 Å². The minimum absolute atomic E-state index is 0.0654. The number of nitrogens with one attached hydrogen (secondary N) is 1. The molecule has 3 rings (SSSR count). The van der Waals surface area contributed by atoms with Crippen LogP contribution in [0.15, 0.2) is 36.7 Å². The van der Waals surface area contributed by atoms with E-state index in [4.69, 9.17) is 5.26 Å². The molecule has 0 amide bonds. The van der Waals surface area contributed by atoms with Gasteiger partial charge in [-0.2, -0.15) is 5.26 Å². The summed E-state index contributed by atoms with van der Waals surface area (Å²) < 4.78 is 13.7. The van der Waals surface area contributed by atoms with Gasteiger partial charge in [0.1, 0.15) is 17.4 Å². The number of piperidine rings is 1. The first-order valence-electron chi connectivity index (χ1n) is 7.25. The predicted octanol–water partition coefficient (Wildman–Crippen LogP) is 2.57. The van der Waals surface area contributed by atoms with Crippen LogP contribution in [0, 0.1) is 17.1 Å². The highest BCUT2D eigenvalue weighted by Gasteiger charge is 2.22. The number of hydrogen-bond donors (Lipinski definition) is 1. The van der Waals surface area contributed by atoms with Crippen LogP contribution < -0.4 is 10.2 Å². The highest BCUT2D eigenvalue weighted by molar-refractivity contribution is 5.58. The highest BCUT2D eigenvalue weighted by atomic mass is 19.1. The molecule has 0 radical (unpaired) electrons. The normalized spacial score (nSPS) is 17.8. The molecule has 1 fully saturated rings. The van der Waals surface area contributed by atoms with Crippen LogP contribution in [0.4, 0.5) is 16.0 Å². The summed E-state index contributed by atoms with van der Waals surface area (Å²) in [6.07, 6.45) is 5.40. The van der Waals surface area contributed by atoms with E-state index in [2.05, 4.69) is 20.2 Å². The van der Waals surface area contributed by atoms with Crippen LogP contribution in [0.2, 0.25) is 0 Å². The van der Waals surface area contributed by atoms with Crippen molar-refractivity contribution in [3.8, 4) is 6.07 Å². The average molecular weight is 297 g/mol. The Kier molecular flexibility index (Phi) is 4.15. The molecule has 22 heavy (non-hydrogen) atoms. The smallest absolute Gasteiger partial charge is 0.225 e. The Morgan fingerprint density at radius 3 is 2.86 bits per heavy atom. The summed E-state index contributed by atoms with van der Waals surface area (Å²) in [5.74, 6) is 0.209. The van der Waals surface area contributed by atoms with Gasteiger partial charge in [-0.1, -0.05) is 6.07 Å². The Bertz CT molecular complexity index is 683. The molecular formula is C16H16FN5. The van der Waals surface area contributed by atoms with Crippen molar-refractivity contribution in [1.29, 1.82) is 5.26 Å². The maximum Gasteiger partial charge on any atom is 0.225 e. The van der Waals surface area contributed by atoms with Crippen molar-refractivity contribution in [2.45, 2.75) is 18.9 Å². The molecule has 0 unspecified atom stereocenters. The second-order valence-electron chi connectivity index (χ2n) is 5.25. The largest absolute Gasteiger partial charge is 0.379 e. The molecule has 2 aromatic rings. The Morgan fingerprint density at radius 1 is 1.27 bits per heavy atom. The number of anilines is 2. The second-order valence-corrected chi connectivity index (χ2v) is 5.25. The van der Waals surface area contributed by atoms with E-state index in [9.17, 15) is 4.39 Å². The molecule has 0 aliphatic carbocycles. The van der Waals surface area contributed by atoms with E-state index < -0.39 is 5.82 Å². The van der Waals surface area contributed by atoms with Gasteiger partial charge in [0.2, 0.25) is 5.95 Å². The van der Waals surface area contributed by atoms with Gasteiger partial charge in [0, 0.05) is 31.5 Å². The first-order valence-corrected chi connectivity index (χ1v) is 7.25. The van der Waals surface area contributed by atoms with Crippen LogP contribution in [0.1, 0.15) is 18.4 Å². The number of rotatable bonds is 3. The Labute approximate surface area is 128 Å². The summed E-state index contributed by atoms with van der Waals surface area (Å²) in [5, 5.41) is 12.4. The fourth-order valence-corrected chi connectivity index (χ4v) is 2.71. The van der Waals surface area contributed by atoms with E-state index in [1.165, 1.54) is 6.07 Å². The summed E-state index contributed by atoms with van der Waals surface area (Å²) in [6.45, 7) is 1.63. The van der Waals surface area contributed by atoms with E-state index in [0.29, 0.717) is 11.6 Å². The van der Waals surface area contributed by atoms with Gasteiger partial charge in [-0.25, -0.2) is 14.4 Å². The van der Waals surface area contributed by atoms with Crippen molar-refractivity contribution in [3.63, 3.8) is 0 Å². The molecule has 1 aliphatic heterocycles. The number of benzene rings is 1. The van der Waals surface area contributed by atoms with Gasteiger partial charge < -0.3 is 10.2 Å². The molecule has 5 nitrogen and oxygen atoms in total. The Hall–Kier alpha value is -2.68. The zero-order valence-corrected chi connectivity index (χ0v) is 12.0. The monoisotopic (exact) mass is 297 g/mol. The molecule has 1 aliphatic rings. The van der Waals surface area contributed by atoms with E-state index >= 15 is 0 Å². The summed E-state index contributed by atoms with van der Waals surface area (Å²) in [4.78, 5) is 10.6. The maximum atomic E-state index is 13.7. The molecule has 2 heterocycles. The Morgan fingerprint density at radius 2 is 2.09 bits per heavy atom. The van der Waals surface area contributed by atoms with Crippen molar-refractivity contribution in [2.24, 2.45) is 0 Å². The zero-order chi connectivity index (χ0) is 15.4. The number of nitriles is 1. The van der Waals surface area contributed by atoms with Crippen LogP contribution in [0.25, 0.3) is 0 Å². The van der Waals surface area contributed by atoms with Gasteiger partial charge in [-0.3, -0.25) is 0 Å². The lowest BCUT2D eigenvalue weighted by Crippen LogP contribution is -2.43. The number of aromatic nitrogens is 2. The minimum Gasteiger partial charge on any atom is -0.379 e. The van der Waals surface area contributed by atoms with Crippen molar-refractivity contribution >= 4 is 11.6 Å². The van der Waals surface area contributed by atoms with Crippen molar-refractivity contribution in [2.75, 3.05) is 23.3 Å². The SMILES string of the molecule is N#Cc1c(F)cccc1N[C@H]1CCCN(c2ncccn2)C1. The highest BCUT2D eigenvalue weighted by Crippen LogP contribution is 2.22. The Balaban J connectivity index is 1.74. The summed E-state index contributed by atoms with van der Waals surface area (Å²) >= 11 is 0. The predicted molar refractivity (Wildman–Crippen MR) is 82.0 cm³/mol. The van der Waals surface area contributed by atoms with Gasteiger partial charge in [-0.05, 0) is 31.0 Å². The quantitative estimate of drug-likeness (QED) is 0.943. The van der Waals surface area contributed by atoms with E-state index in [1.807, 2.05) is 6.07 Å². The average Bonchev–Trinajstić information content (AvgIpc) is 2.56. The van der Waals surface area contributed by atoms with Crippen LogP contribution in [-0.4, -0.2) is 29.1 Å². The molecule has 1 N–H and O–H groups in total. The fraction of sp³-hybridized carbons (Fsp3) is 0.312. The lowest BCUT2D eigenvalue weighted by atomic mass is 10.0. The number of hydrogen-bond acceptors (Lipinski definition) is 5. The van der Waals surface area contributed by atoms with Gasteiger partial charge in [0.15, 0.2) is 0 Å². The van der Waals surface area contributed by atoms with Gasteiger partial charge in [0.05, 0.1) is 5.69 Å². The molecule has 0 bridgehead atoms. The minimum atomic E-state index is -0.494. The maximum absolute atomic E-state index is 13.7. The third kappa shape index (κ3) is 2.98.